The van der Waals surface area contributed by atoms with E-state index in [0.29, 0.717) is 24.9 Å². The van der Waals surface area contributed by atoms with Gasteiger partial charge in [0.05, 0.1) is 6.04 Å². The Morgan fingerprint density at radius 3 is 3.12 bits per heavy atom. The highest BCUT2D eigenvalue weighted by Gasteiger charge is 2.26. The van der Waals surface area contributed by atoms with Gasteiger partial charge in [-0.3, -0.25) is 4.90 Å². The molecule has 0 radical (unpaired) electrons. The molecule has 5 heteroatoms. The van der Waals surface area contributed by atoms with Gasteiger partial charge < -0.3 is 10.3 Å². The molecule has 1 saturated heterocycles. The number of likely N-dealkylation sites (tertiary alicyclic amines) is 1. The van der Waals surface area contributed by atoms with E-state index in [2.05, 4.69) is 22.0 Å². The van der Waals surface area contributed by atoms with E-state index in [4.69, 9.17) is 10.3 Å². The van der Waals surface area contributed by atoms with Crippen molar-refractivity contribution in [2.75, 3.05) is 19.6 Å². The first kappa shape index (κ1) is 11.5. The van der Waals surface area contributed by atoms with Crippen LogP contribution in [0.5, 0.6) is 0 Å². The van der Waals surface area contributed by atoms with Crippen LogP contribution in [-0.2, 0) is 6.42 Å². The first-order chi connectivity index (χ1) is 7.85. The van der Waals surface area contributed by atoms with Crippen molar-refractivity contribution in [3.63, 3.8) is 0 Å². The van der Waals surface area contributed by atoms with Crippen LogP contribution in [0.15, 0.2) is 4.52 Å². The van der Waals surface area contributed by atoms with Crippen LogP contribution in [-0.4, -0.2) is 34.7 Å². The molecule has 0 amide bonds. The van der Waals surface area contributed by atoms with Crippen molar-refractivity contribution in [1.82, 2.24) is 15.0 Å². The van der Waals surface area contributed by atoms with Crippen LogP contribution in [0.1, 0.15) is 43.9 Å². The quantitative estimate of drug-likeness (QED) is 0.830. The molecular formula is C11H20N4O. The molecule has 16 heavy (non-hydrogen) atoms. The third-order valence-corrected chi connectivity index (χ3v) is 3.16. The van der Waals surface area contributed by atoms with Gasteiger partial charge in [0.2, 0.25) is 5.89 Å². The highest BCUT2D eigenvalue weighted by atomic mass is 16.5. The molecule has 2 N–H and O–H groups in total. The third-order valence-electron chi connectivity index (χ3n) is 3.16. The Balaban J connectivity index is 2.08. The number of hydrogen-bond donors (Lipinski definition) is 1. The molecule has 1 atom stereocenters. The second kappa shape index (κ2) is 5.41. The van der Waals surface area contributed by atoms with Gasteiger partial charge in [0.25, 0.3) is 0 Å². The van der Waals surface area contributed by atoms with E-state index >= 15 is 0 Å². The van der Waals surface area contributed by atoms with Crippen LogP contribution in [0.3, 0.4) is 0 Å². The molecule has 1 aliphatic heterocycles. The third kappa shape index (κ3) is 2.41. The summed E-state index contributed by atoms with van der Waals surface area (Å²) in [6.45, 7) is 4.93. The van der Waals surface area contributed by atoms with Gasteiger partial charge in [-0.15, -0.1) is 0 Å². The van der Waals surface area contributed by atoms with Gasteiger partial charge in [-0.1, -0.05) is 18.5 Å². The van der Waals surface area contributed by atoms with Crippen molar-refractivity contribution in [1.29, 1.82) is 0 Å². The maximum absolute atomic E-state index is 5.46. The van der Waals surface area contributed by atoms with Crippen LogP contribution in [0.2, 0.25) is 0 Å². The highest BCUT2D eigenvalue weighted by Crippen LogP contribution is 2.28. The Bertz CT molecular complexity index is 326. The molecule has 1 aliphatic rings. The Kier molecular flexibility index (Phi) is 3.90. The Hall–Kier alpha value is -0.940. The van der Waals surface area contributed by atoms with E-state index in [0.717, 1.165) is 25.3 Å². The van der Waals surface area contributed by atoms with Crippen molar-refractivity contribution in [3.8, 4) is 0 Å². The minimum absolute atomic E-state index is 0.342. The Morgan fingerprint density at radius 2 is 2.38 bits per heavy atom. The second-order valence-corrected chi connectivity index (χ2v) is 4.23. The SMILES string of the molecule is CCN1CCCCC1c1noc(CCN)n1. The standard InChI is InChI=1S/C11H20N4O/c1-2-15-8-4-3-5-9(15)11-13-10(6-7-12)16-14-11/h9H,2-8,12H2,1H3. The zero-order chi connectivity index (χ0) is 11.4. The molecule has 0 spiro atoms. The summed E-state index contributed by atoms with van der Waals surface area (Å²) in [5.41, 5.74) is 5.46. The predicted octanol–water partition coefficient (Wildman–Crippen LogP) is 1.12. The zero-order valence-electron chi connectivity index (χ0n) is 9.85. The Morgan fingerprint density at radius 1 is 1.50 bits per heavy atom. The molecule has 2 heterocycles. The number of hydrogen-bond acceptors (Lipinski definition) is 5. The molecule has 0 bridgehead atoms. The van der Waals surface area contributed by atoms with E-state index in [1.807, 2.05) is 0 Å². The van der Waals surface area contributed by atoms with E-state index < -0.39 is 0 Å². The van der Waals surface area contributed by atoms with E-state index in [9.17, 15) is 0 Å². The predicted molar refractivity (Wildman–Crippen MR) is 60.9 cm³/mol. The largest absolute Gasteiger partial charge is 0.339 e. The molecule has 1 aromatic rings. The fourth-order valence-corrected chi connectivity index (χ4v) is 2.29. The number of nitrogens with zero attached hydrogens (tertiary/aromatic N) is 3. The van der Waals surface area contributed by atoms with Crippen LogP contribution < -0.4 is 5.73 Å². The van der Waals surface area contributed by atoms with Crippen molar-refractivity contribution < 1.29 is 4.52 Å². The molecule has 0 aromatic carbocycles. The normalized spacial score (nSPS) is 22.5. The molecule has 2 rings (SSSR count). The van der Waals surface area contributed by atoms with Gasteiger partial charge in [0.15, 0.2) is 5.82 Å². The van der Waals surface area contributed by atoms with Crippen LogP contribution >= 0.6 is 0 Å². The lowest BCUT2D eigenvalue weighted by Gasteiger charge is -2.32. The average molecular weight is 224 g/mol. The van der Waals surface area contributed by atoms with E-state index in [1.165, 1.54) is 12.8 Å². The summed E-state index contributed by atoms with van der Waals surface area (Å²) in [6.07, 6.45) is 4.33. The molecular weight excluding hydrogens is 204 g/mol. The lowest BCUT2D eigenvalue weighted by atomic mass is 10.0. The van der Waals surface area contributed by atoms with Crippen molar-refractivity contribution in [3.05, 3.63) is 11.7 Å². The first-order valence-electron chi connectivity index (χ1n) is 6.11. The zero-order valence-corrected chi connectivity index (χ0v) is 9.85. The second-order valence-electron chi connectivity index (χ2n) is 4.23. The van der Waals surface area contributed by atoms with Crippen LogP contribution in [0.4, 0.5) is 0 Å². The van der Waals surface area contributed by atoms with Crippen molar-refractivity contribution in [2.45, 2.75) is 38.6 Å². The smallest absolute Gasteiger partial charge is 0.227 e. The summed E-state index contributed by atoms with van der Waals surface area (Å²) in [7, 11) is 0. The number of aromatic nitrogens is 2. The minimum Gasteiger partial charge on any atom is -0.339 e. The maximum atomic E-state index is 5.46. The topological polar surface area (TPSA) is 68.2 Å². The summed E-state index contributed by atoms with van der Waals surface area (Å²) >= 11 is 0. The Labute approximate surface area is 96.0 Å². The van der Waals surface area contributed by atoms with Gasteiger partial charge in [-0.25, -0.2) is 0 Å². The fourth-order valence-electron chi connectivity index (χ4n) is 2.29. The van der Waals surface area contributed by atoms with Gasteiger partial charge in [0.1, 0.15) is 0 Å². The molecule has 1 unspecified atom stereocenters. The monoisotopic (exact) mass is 224 g/mol. The van der Waals surface area contributed by atoms with Gasteiger partial charge >= 0.3 is 0 Å². The molecule has 0 aliphatic carbocycles. The summed E-state index contributed by atoms with van der Waals surface area (Å²) in [5, 5.41) is 4.07. The maximum Gasteiger partial charge on any atom is 0.227 e. The molecule has 5 nitrogen and oxygen atoms in total. The lowest BCUT2D eigenvalue weighted by Crippen LogP contribution is -2.33. The van der Waals surface area contributed by atoms with Gasteiger partial charge in [0, 0.05) is 13.0 Å². The van der Waals surface area contributed by atoms with Crippen molar-refractivity contribution in [2.24, 2.45) is 5.73 Å². The summed E-state index contributed by atoms with van der Waals surface area (Å²) < 4.78 is 5.18. The summed E-state index contributed by atoms with van der Waals surface area (Å²) in [6, 6.07) is 0.342. The van der Waals surface area contributed by atoms with Gasteiger partial charge in [-0.2, -0.15) is 4.98 Å². The molecule has 1 aromatic heterocycles. The van der Waals surface area contributed by atoms with E-state index in [-0.39, 0.29) is 0 Å². The summed E-state index contributed by atoms with van der Waals surface area (Å²) in [4.78, 5) is 6.84. The minimum atomic E-state index is 0.342. The summed E-state index contributed by atoms with van der Waals surface area (Å²) in [5.74, 6) is 1.50. The molecule has 90 valence electrons. The highest BCUT2D eigenvalue weighted by molar-refractivity contribution is 4.97. The number of nitrogens with two attached hydrogens (primary N) is 1. The molecule has 0 saturated carbocycles. The van der Waals surface area contributed by atoms with Gasteiger partial charge in [-0.05, 0) is 25.9 Å². The van der Waals surface area contributed by atoms with E-state index in [1.54, 1.807) is 0 Å². The van der Waals surface area contributed by atoms with Crippen LogP contribution in [0.25, 0.3) is 0 Å². The average Bonchev–Trinajstić information content (AvgIpc) is 2.78. The van der Waals surface area contributed by atoms with Crippen LogP contribution in [0, 0.1) is 0 Å². The number of piperidine rings is 1. The lowest BCUT2D eigenvalue weighted by molar-refractivity contribution is 0.147. The van der Waals surface area contributed by atoms with Crippen molar-refractivity contribution >= 4 is 0 Å². The molecule has 1 fully saturated rings. The number of rotatable bonds is 4. The fraction of sp³-hybridized carbons (Fsp3) is 0.818. The first-order valence-corrected chi connectivity index (χ1v) is 6.11.